The number of nitrogens with one attached hydrogen (secondary N) is 1. The van der Waals surface area contributed by atoms with Crippen LogP contribution in [0.15, 0.2) is 85.1 Å². The van der Waals surface area contributed by atoms with Crippen LogP contribution in [0.25, 0.3) is 0 Å². The van der Waals surface area contributed by atoms with E-state index in [1.54, 1.807) is 0 Å². The highest BCUT2D eigenvalue weighted by Gasteiger charge is 2.20. The molecule has 0 rings (SSSR count). The van der Waals surface area contributed by atoms with Crippen LogP contribution in [0.5, 0.6) is 0 Å². The van der Waals surface area contributed by atoms with E-state index < -0.39 is 12.1 Å². The molecule has 2 atom stereocenters. The second-order valence-electron chi connectivity index (χ2n) is 17.6. The monoisotopic (exact) mass is 848 g/mol. The Morgan fingerprint density at radius 2 is 0.721 bits per heavy atom. The summed E-state index contributed by atoms with van der Waals surface area (Å²) in [5.74, 6) is -0.0344. The Balaban J connectivity index is 3.43. The van der Waals surface area contributed by atoms with Crippen LogP contribution in [0.1, 0.15) is 251 Å². The molecule has 0 aliphatic rings. The lowest BCUT2D eigenvalue weighted by Gasteiger charge is -2.22. The molecule has 0 spiro atoms. The van der Waals surface area contributed by atoms with Gasteiger partial charge in [0, 0.05) is 6.42 Å². The zero-order valence-corrected chi connectivity index (χ0v) is 40.4. The highest BCUT2D eigenvalue weighted by atomic mass is 16.3. The molecule has 0 aromatic carbocycles. The molecule has 0 heterocycles. The van der Waals surface area contributed by atoms with Crippen molar-refractivity contribution >= 4 is 5.91 Å². The third kappa shape index (κ3) is 48.5. The minimum atomic E-state index is -0.657. The third-order valence-electron chi connectivity index (χ3n) is 11.7. The zero-order valence-electron chi connectivity index (χ0n) is 40.4. The summed E-state index contributed by atoms with van der Waals surface area (Å²) in [5, 5.41) is 23.0. The first-order chi connectivity index (χ1) is 30.2. The molecular formula is C57H101NO3. The van der Waals surface area contributed by atoms with E-state index in [4.69, 9.17) is 0 Å². The van der Waals surface area contributed by atoms with Gasteiger partial charge in [-0.3, -0.25) is 4.79 Å². The Bertz CT molecular complexity index is 1100. The van der Waals surface area contributed by atoms with Crippen molar-refractivity contribution in [3.05, 3.63) is 85.1 Å². The molecule has 0 fully saturated rings. The van der Waals surface area contributed by atoms with Crippen LogP contribution < -0.4 is 5.32 Å². The highest BCUT2D eigenvalue weighted by molar-refractivity contribution is 5.76. The molecule has 0 aromatic rings. The number of unbranched alkanes of at least 4 members (excludes halogenated alkanes) is 26. The molecular weight excluding hydrogens is 747 g/mol. The number of allylic oxidation sites excluding steroid dienone is 14. The standard InChI is InChI=1S/C57H101NO3/c1-3-5-7-9-11-13-14-15-16-17-18-19-20-21-22-23-24-25-26-27-28-29-30-31-32-33-34-35-36-37-38-39-40-41-42-43-44-45-47-49-51-53-57(61)58-55(54-59)56(60)52-50-48-46-12-10-8-6-4-2/h5,7,11,13,15-16,18-19,21-22,24-25,27-28,55-56,59-60H,3-4,6,8-10,12,14,17,20,23,26,29-54H2,1-2H3,(H,58,61)/b7-5-,13-11-,16-15-,19-18-,22-21-,25-24-,28-27-. The van der Waals surface area contributed by atoms with Crippen molar-refractivity contribution < 1.29 is 15.0 Å². The fourth-order valence-electron chi connectivity index (χ4n) is 7.69. The summed E-state index contributed by atoms with van der Waals surface area (Å²) in [7, 11) is 0. The van der Waals surface area contributed by atoms with E-state index in [1.165, 1.54) is 154 Å². The van der Waals surface area contributed by atoms with Gasteiger partial charge >= 0.3 is 0 Å². The van der Waals surface area contributed by atoms with E-state index in [9.17, 15) is 15.0 Å². The lowest BCUT2D eigenvalue weighted by Crippen LogP contribution is -2.45. The number of carbonyl (C=O) groups is 1. The third-order valence-corrected chi connectivity index (χ3v) is 11.7. The average molecular weight is 848 g/mol. The highest BCUT2D eigenvalue weighted by Crippen LogP contribution is 2.16. The minimum absolute atomic E-state index is 0.0344. The van der Waals surface area contributed by atoms with Crippen LogP contribution in [0.2, 0.25) is 0 Å². The first-order valence-electron chi connectivity index (χ1n) is 26.3. The topological polar surface area (TPSA) is 69.6 Å². The van der Waals surface area contributed by atoms with Crippen molar-refractivity contribution in [3.8, 4) is 0 Å². The predicted molar refractivity (Wildman–Crippen MR) is 271 cm³/mol. The van der Waals surface area contributed by atoms with E-state index in [1.807, 2.05) is 0 Å². The van der Waals surface area contributed by atoms with Crippen molar-refractivity contribution in [3.63, 3.8) is 0 Å². The largest absolute Gasteiger partial charge is 0.394 e. The van der Waals surface area contributed by atoms with Crippen LogP contribution >= 0.6 is 0 Å². The Morgan fingerprint density at radius 1 is 0.410 bits per heavy atom. The molecule has 0 aliphatic carbocycles. The zero-order chi connectivity index (χ0) is 44.2. The number of amides is 1. The molecule has 4 heteroatoms. The number of rotatable bonds is 47. The molecule has 0 saturated carbocycles. The minimum Gasteiger partial charge on any atom is -0.394 e. The lowest BCUT2D eigenvalue weighted by atomic mass is 10.0. The molecule has 0 radical (unpaired) electrons. The molecule has 3 N–H and O–H groups in total. The quantitative estimate of drug-likeness (QED) is 0.0422. The second kappa shape index (κ2) is 51.9. The summed E-state index contributed by atoms with van der Waals surface area (Å²) >= 11 is 0. The number of aliphatic hydroxyl groups is 2. The Kier molecular flexibility index (Phi) is 49.8. The number of hydrogen-bond acceptors (Lipinski definition) is 3. The number of carbonyl (C=O) groups excluding carboxylic acids is 1. The molecule has 1 amide bonds. The normalized spacial score (nSPS) is 13.6. The maximum atomic E-state index is 12.4. The maximum absolute atomic E-state index is 12.4. The van der Waals surface area contributed by atoms with Gasteiger partial charge in [0.15, 0.2) is 0 Å². The molecule has 2 unspecified atom stereocenters. The van der Waals surface area contributed by atoms with Crippen molar-refractivity contribution in [2.24, 2.45) is 0 Å². The van der Waals surface area contributed by atoms with E-state index in [0.29, 0.717) is 12.8 Å². The molecule has 61 heavy (non-hydrogen) atoms. The lowest BCUT2D eigenvalue weighted by molar-refractivity contribution is -0.123. The van der Waals surface area contributed by atoms with Crippen molar-refractivity contribution in [2.45, 2.75) is 264 Å². The molecule has 0 aliphatic heterocycles. The summed E-state index contributed by atoms with van der Waals surface area (Å²) in [4.78, 5) is 12.4. The van der Waals surface area contributed by atoms with Crippen LogP contribution in [0.3, 0.4) is 0 Å². The van der Waals surface area contributed by atoms with Gasteiger partial charge in [-0.05, 0) is 70.6 Å². The molecule has 0 aromatic heterocycles. The summed E-state index contributed by atoms with van der Waals surface area (Å²) in [5.41, 5.74) is 0. The van der Waals surface area contributed by atoms with E-state index in [0.717, 1.165) is 70.6 Å². The van der Waals surface area contributed by atoms with Gasteiger partial charge in [0.1, 0.15) is 0 Å². The fourth-order valence-corrected chi connectivity index (χ4v) is 7.69. The average Bonchev–Trinajstić information content (AvgIpc) is 3.26. The molecule has 4 nitrogen and oxygen atoms in total. The van der Waals surface area contributed by atoms with Crippen molar-refractivity contribution in [1.29, 1.82) is 0 Å². The second-order valence-corrected chi connectivity index (χ2v) is 17.6. The maximum Gasteiger partial charge on any atom is 0.220 e. The van der Waals surface area contributed by atoms with Gasteiger partial charge in [-0.15, -0.1) is 0 Å². The van der Waals surface area contributed by atoms with Gasteiger partial charge in [0.05, 0.1) is 18.8 Å². The summed E-state index contributed by atoms with van der Waals surface area (Å²) in [6, 6.07) is -0.535. The summed E-state index contributed by atoms with van der Waals surface area (Å²) < 4.78 is 0. The smallest absolute Gasteiger partial charge is 0.220 e. The van der Waals surface area contributed by atoms with E-state index in [-0.39, 0.29) is 12.5 Å². The fraction of sp³-hybridized carbons (Fsp3) is 0.737. The number of aliphatic hydroxyl groups excluding tert-OH is 2. The first-order valence-corrected chi connectivity index (χ1v) is 26.3. The first kappa shape index (κ1) is 58.6. The van der Waals surface area contributed by atoms with Gasteiger partial charge in [-0.1, -0.05) is 259 Å². The Morgan fingerprint density at radius 3 is 1.08 bits per heavy atom. The van der Waals surface area contributed by atoms with Gasteiger partial charge in [0.2, 0.25) is 5.91 Å². The van der Waals surface area contributed by atoms with Gasteiger partial charge in [0.25, 0.3) is 0 Å². The van der Waals surface area contributed by atoms with Crippen LogP contribution in [0.4, 0.5) is 0 Å². The molecule has 0 bridgehead atoms. The molecule has 0 saturated heterocycles. The predicted octanol–water partition coefficient (Wildman–Crippen LogP) is 17.2. The van der Waals surface area contributed by atoms with Crippen LogP contribution in [-0.2, 0) is 4.79 Å². The SMILES string of the molecule is CC/C=C\C/C=C\C/C=C\C/C=C\C/C=C\C/C=C\C/C=C\CCCCCCCCCCCCCCCCCCCCCC(=O)NC(CO)C(O)CCCCCCCCCC. The number of hydrogen-bond donors (Lipinski definition) is 3. The van der Waals surface area contributed by atoms with Gasteiger partial charge < -0.3 is 15.5 Å². The van der Waals surface area contributed by atoms with Crippen molar-refractivity contribution in [2.75, 3.05) is 6.61 Å². The van der Waals surface area contributed by atoms with Crippen LogP contribution in [-0.4, -0.2) is 34.9 Å². The summed E-state index contributed by atoms with van der Waals surface area (Å²) in [6.45, 7) is 4.21. The Labute approximate surface area is 380 Å². The van der Waals surface area contributed by atoms with E-state index in [2.05, 4.69) is 104 Å². The Hall–Kier alpha value is -2.43. The van der Waals surface area contributed by atoms with E-state index >= 15 is 0 Å². The van der Waals surface area contributed by atoms with Gasteiger partial charge in [-0.2, -0.15) is 0 Å². The summed E-state index contributed by atoms with van der Waals surface area (Å²) in [6.07, 6.45) is 75.8. The van der Waals surface area contributed by atoms with Crippen LogP contribution in [0, 0.1) is 0 Å². The van der Waals surface area contributed by atoms with Crippen molar-refractivity contribution in [1.82, 2.24) is 5.32 Å². The van der Waals surface area contributed by atoms with Gasteiger partial charge in [-0.25, -0.2) is 0 Å². The molecule has 352 valence electrons.